The number of hydrogen-bond acceptors (Lipinski definition) is 0. The minimum Gasteiger partial charge on any atom is -0.0622 e. The first kappa shape index (κ1) is 47.7. The van der Waals surface area contributed by atoms with Crippen molar-refractivity contribution in [1.82, 2.24) is 0 Å². The van der Waals surface area contributed by atoms with Crippen molar-refractivity contribution in [2.75, 3.05) is 0 Å². The monoisotopic (exact) mass is 1250 g/mol. The number of fused-ring (bicyclic) bond motifs is 20. The molecule has 78 heavy (non-hydrogen) atoms. The first-order valence-electron chi connectivity index (χ1n) is 26.3. The van der Waals surface area contributed by atoms with Gasteiger partial charge in [0.25, 0.3) is 0 Å². The van der Waals surface area contributed by atoms with Gasteiger partial charge in [0.15, 0.2) is 0 Å². The van der Waals surface area contributed by atoms with Crippen LogP contribution in [0.1, 0.15) is 44.5 Å². The summed E-state index contributed by atoms with van der Waals surface area (Å²) in [6.07, 6.45) is 0. The van der Waals surface area contributed by atoms with Crippen LogP contribution < -0.4 is 0 Å². The molecule has 0 bridgehead atoms. The van der Waals surface area contributed by atoms with Crippen molar-refractivity contribution < 1.29 is 0 Å². The molecule has 4 aliphatic carbocycles. The molecule has 12 aromatic carbocycles. The van der Waals surface area contributed by atoms with Crippen molar-refractivity contribution in [2.45, 2.75) is 10.8 Å². The predicted molar refractivity (Wildman–Crippen MR) is 338 cm³/mol. The highest BCUT2D eigenvalue weighted by molar-refractivity contribution is 9.11. The van der Waals surface area contributed by atoms with Crippen LogP contribution in [0.3, 0.4) is 0 Å². The van der Waals surface area contributed by atoms with Gasteiger partial charge in [-0.05, 0) is 206 Å². The van der Waals surface area contributed by atoms with E-state index in [4.69, 9.17) is 0 Å². The highest BCUT2D eigenvalue weighted by Crippen LogP contribution is 2.66. The fourth-order valence-corrected chi connectivity index (χ4v) is 15.0. The topological polar surface area (TPSA) is 0 Å². The predicted octanol–water partition coefficient (Wildman–Crippen LogP) is 21.8. The van der Waals surface area contributed by atoms with E-state index in [0.29, 0.717) is 0 Å². The molecule has 16 rings (SSSR count). The summed E-state index contributed by atoms with van der Waals surface area (Å²) < 4.78 is 4.40. The molecule has 0 N–H and O–H groups in total. The molecule has 0 unspecified atom stereocenters. The largest absolute Gasteiger partial charge is 0.0727 e. The van der Waals surface area contributed by atoms with Gasteiger partial charge in [0.2, 0.25) is 0 Å². The molecule has 0 radical (unpaired) electrons. The second-order valence-corrected chi connectivity index (χ2v) is 24.4. The third kappa shape index (κ3) is 7.19. The van der Waals surface area contributed by atoms with E-state index in [-0.39, 0.29) is 5.41 Å². The maximum absolute atomic E-state index is 3.74. The average molecular weight is 1250 g/mol. The van der Waals surface area contributed by atoms with Crippen molar-refractivity contribution in [2.24, 2.45) is 0 Å². The van der Waals surface area contributed by atoms with Gasteiger partial charge >= 0.3 is 0 Å². The molecular weight excluding hydrogens is 1210 g/mol. The van der Waals surface area contributed by atoms with E-state index >= 15 is 0 Å². The lowest BCUT2D eigenvalue weighted by Crippen LogP contribution is -2.26. The number of rotatable bonds is 4. The lowest BCUT2D eigenvalue weighted by atomic mass is 9.69. The second kappa shape index (κ2) is 18.6. The van der Waals surface area contributed by atoms with Crippen LogP contribution in [0.2, 0.25) is 0 Å². The van der Waals surface area contributed by atoms with E-state index in [9.17, 15) is 0 Å². The summed E-state index contributed by atoms with van der Waals surface area (Å²) in [5, 5.41) is 0. The second-order valence-electron chi connectivity index (χ2n) is 20.8. The molecule has 0 aliphatic heterocycles. The zero-order chi connectivity index (χ0) is 52.3. The summed E-state index contributed by atoms with van der Waals surface area (Å²) in [6, 6.07) is 98.6. The van der Waals surface area contributed by atoms with Gasteiger partial charge < -0.3 is 0 Å². The maximum Gasteiger partial charge on any atom is 0.0727 e. The van der Waals surface area contributed by atoms with Crippen molar-refractivity contribution >= 4 is 63.7 Å². The summed E-state index contributed by atoms with van der Waals surface area (Å²) in [7, 11) is 0. The van der Waals surface area contributed by atoms with Gasteiger partial charge in [0.05, 0.1) is 10.8 Å². The van der Waals surface area contributed by atoms with Crippen LogP contribution in [0, 0.1) is 0 Å². The van der Waals surface area contributed by atoms with Crippen LogP contribution in [-0.4, -0.2) is 0 Å². The van der Waals surface area contributed by atoms with Gasteiger partial charge in [-0.3, -0.25) is 0 Å². The van der Waals surface area contributed by atoms with E-state index in [1.54, 1.807) is 0 Å². The van der Waals surface area contributed by atoms with Crippen LogP contribution in [0.15, 0.2) is 285 Å². The molecule has 0 atom stereocenters. The molecule has 0 fully saturated rings. The summed E-state index contributed by atoms with van der Waals surface area (Å²) in [5.74, 6) is 0. The Balaban J connectivity index is 0.000000155. The van der Waals surface area contributed by atoms with E-state index in [2.05, 4.69) is 331 Å². The van der Waals surface area contributed by atoms with Gasteiger partial charge in [-0.15, -0.1) is 0 Å². The van der Waals surface area contributed by atoms with E-state index < -0.39 is 5.41 Å². The molecule has 0 amide bonds. The molecule has 0 saturated heterocycles. The number of hydrogen-bond donors (Lipinski definition) is 0. The Kier molecular flexibility index (Phi) is 11.4. The minimum absolute atomic E-state index is 0.337. The molecule has 0 aromatic heterocycles. The lowest BCUT2D eigenvalue weighted by Gasteiger charge is -2.32. The highest BCUT2D eigenvalue weighted by atomic mass is 79.9. The normalized spacial score (nSPS) is 13.6. The molecule has 0 nitrogen and oxygen atoms in total. The first-order chi connectivity index (χ1) is 38.3. The van der Waals surface area contributed by atoms with Crippen molar-refractivity contribution in [1.29, 1.82) is 0 Å². The van der Waals surface area contributed by atoms with E-state index in [1.807, 2.05) is 0 Å². The molecule has 4 heteroatoms. The summed E-state index contributed by atoms with van der Waals surface area (Å²) in [4.78, 5) is 0. The molecule has 368 valence electrons. The molecule has 4 aliphatic rings. The minimum atomic E-state index is -0.500. The maximum atomic E-state index is 3.74. The van der Waals surface area contributed by atoms with Crippen LogP contribution in [-0.2, 0) is 10.8 Å². The molecular formula is C74H44Br4. The van der Waals surface area contributed by atoms with Crippen molar-refractivity contribution in [3.05, 3.63) is 329 Å². The van der Waals surface area contributed by atoms with Crippen LogP contribution in [0.4, 0.5) is 0 Å². The molecule has 0 saturated carbocycles. The average Bonchev–Trinajstić information content (AvgIpc) is 4.21. The Labute approximate surface area is 488 Å². The Morgan fingerprint density at radius 2 is 0.346 bits per heavy atom. The van der Waals surface area contributed by atoms with Crippen LogP contribution in [0.5, 0.6) is 0 Å². The lowest BCUT2D eigenvalue weighted by molar-refractivity contribution is 0.791. The smallest absolute Gasteiger partial charge is 0.0622 e. The van der Waals surface area contributed by atoms with Gasteiger partial charge in [0.1, 0.15) is 0 Å². The van der Waals surface area contributed by atoms with E-state index in [1.165, 1.54) is 134 Å². The van der Waals surface area contributed by atoms with Crippen LogP contribution >= 0.6 is 63.7 Å². The molecule has 2 spiro atoms. The van der Waals surface area contributed by atoms with Gasteiger partial charge in [-0.1, -0.05) is 258 Å². The Morgan fingerprint density at radius 1 is 0.167 bits per heavy atom. The first-order valence-corrected chi connectivity index (χ1v) is 29.5. The molecule has 12 aromatic rings. The Hall–Kier alpha value is -7.44. The van der Waals surface area contributed by atoms with Gasteiger partial charge in [-0.25, -0.2) is 0 Å². The van der Waals surface area contributed by atoms with Crippen molar-refractivity contribution in [3.63, 3.8) is 0 Å². The third-order valence-corrected chi connectivity index (χ3v) is 18.8. The molecule has 0 heterocycles. The number of halogens is 4. The van der Waals surface area contributed by atoms with Gasteiger partial charge in [0, 0.05) is 17.9 Å². The zero-order valence-corrected chi connectivity index (χ0v) is 48.3. The van der Waals surface area contributed by atoms with E-state index in [0.717, 1.165) is 17.9 Å². The third-order valence-electron chi connectivity index (χ3n) is 16.8. The van der Waals surface area contributed by atoms with Crippen molar-refractivity contribution in [3.8, 4) is 89.0 Å². The fourth-order valence-electron chi connectivity index (χ4n) is 13.6. The zero-order valence-electron chi connectivity index (χ0n) is 41.9. The summed E-state index contributed by atoms with van der Waals surface area (Å²) in [6.45, 7) is 0. The quantitative estimate of drug-likeness (QED) is 0.165. The Morgan fingerprint density at radius 3 is 0.551 bits per heavy atom. The summed E-state index contributed by atoms with van der Waals surface area (Å²) in [5.41, 5.74) is 30.2. The SMILES string of the molecule is Brc1ccc2c(c1)C1(c3cc(Br)ccc3-2)c2cc(Br)ccc2-c2ccc(Br)cc21.c1ccc(-c2ccc3c(c2)C2(c4cc(-c5ccccc5)ccc4-3)c3cc(-c4ccccc4)ccc3-c3ccc(-c4ccccc4)cc32)cc1. The number of benzene rings is 12. The Bertz CT molecular complexity index is 3840. The highest BCUT2D eigenvalue weighted by Gasteiger charge is 2.54. The van der Waals surface area contributed by atoms with Gasteiger partial charge in [-0.2, -0.15) is 0 Å². The van der Waals surface area contributed by atoms with Crippen LogP contribution in [0.25, 0.3) is 89.0 Å². The summed E-state index contributed by atoms with van der Waals surface area (Å²) >= 11 is 14.9. The fraction of sp³-hybridized carbons (Fsp3) is 0.0270. The standard InChI is InChI=1S/C49H32.C25H12Br4/c1-5-13-33(14-6-1)37-21-25-41-42-26-22-38(34-15-7-2-8-16-34)30-46(42)49(45(41)29-37)47-31-39(35-17-9-3-10-18-35)23-27-43(47)44-28-24-40(32-48(44)49)36-19-11-4-12-20-36;26-13-1-5-17-18-6-2-14(27)10-22(18)25(21(17)9-13)23-11-15(28)3-7-19(23)20-8-4-16(29)12-24(20)25/h1-32H;1-12H.